The lowest BCUT2D eigenvalue weighted by atomic mass is 10.2. The van der Waals surface area contributed by atoms with Gasteiger partial charge in [0.25, 0.3) is 0 Å². The van der Waals surface area contributed by atoms with Gasteiger partial charge >= 0.3 is 0 Å². The van der Waals surface area contributed by atoms with Crippen molar-refractivity contribution in [2.75, 3.05) is 0 Å². The summed E-state index contributed by atoms with van der Waals surface area (Å²) in [4.78, 5) is 0. The minimum Gasteiger partial charge on any atom is -0.103 e. The summed E-state index contributed by atoms with van der Waals surface area (Å²) in [5.41, 5.74) is 0. The minimum absolute atomic E-state index is 0.424. The molecule has 62 valence electrons. The van der Waals surface area contributed by atoms with E-state index < -0.39 is 0 Å². The molecule has 0 aliphatic heterocycles. The molecule has 0 heterocycles. The Morgan fingerprint density at radius 3 is 3.00 bits per heavy atom. The third-order valence-electron chi connectivity index (χ3n) is 2.30. The number of hydrogen-bond donors (Lipinski definition) is 0. The lowest BCUT2D eigenvalue weighted by Crippen LogP contribution is -1.98. The van der Waals surface area contributed by atoms with Gasteiger partial charge in [0, 0.05) is 4.32 Å². The van der Waals surface area contributed by atoms with Crippen molar-refractivity contribution in [3.8, 4) is 0 Å². The van der Waals surface area contributed by atoms with Crippen LogP contribution in [0.2, 0.25) is 0 Å². The van der Waals surface area contributed by atoms with Crippen LogP contribution in [0.5, 0.6) is 0 Å². The molecule has 1 aliphatic rings. The van der Waals surface area contributed by atoms with Gasteiger partial charge < -0.3 is 0 Å². The molecule has 1 saturated carbocycles. The highest BCUT2D eigenvalue weighted by Crippen LogP contribution is 2.55. The SMILES string of the molecule is C=CCC1CC1(Br)CC=CC. The summed E-state index contributed by atoms with van der Waals surface area (Å²) >= 11 is 3.76. The van der Waals surface area contributed by atoms with Crippen LogP contribution in [0.25, 0.3) is 0 Å². The number of halogens is 1. The van der Waals surface area contributed by atoms with Crippen molar-refractivity contribution in [2.45, 2.75) is 30.5 Å². The fourth-order valence-corrected chi connectivity index (χ4v) is 2.17. The van der Waals surface area contributed by atoms with Gasteiger partial charge in [-0.1, -0.05) is 34.2 Å². The third kappa shape index (κ3) is 2.19. The van der Waals surface area contributed by atoms with E-state index in [2.05, 4.69) is 41.6 Å². The molecule has 1 heteroatoms. The summed E-state index contributed by atoms with van der Waals surface area (Å²) < 4.78 is 0.424. The van der Waals surface area contributed by atoms with Crippen LogP contribution in [-0.4, -0.2) is 4.32 Å². The second-order valence-electron chi connectivity index (χ2n) is 3.23. The van der Waals surface area contributed by atoms with Crippen molar-refractivity contribution >= 4 is 15.9 Å². The molecule has 0 aromatic heterocycles. The van der Waals surface area contributed by atoms with Gasteiger partial charge in [0.2, 0.25) is 0 Å². The zero-order valence-corrected chi connectivity index (χ0v) is 8.60. The summed E-state index contributed by atoms with van der Waals surface area (Å²) in [6.07, 6.45) is 10.0. The molecule has 2 atom stereocenters. The Bertz CT molecular complexity index is 172. The first-order valence-electron chi connectivity index (χ1n) is 4.14. The molecule has 2 unspecified atom stereocenters. The Labute approximate surface area is 77.5 Å². The Morgan fingerprint density at radius 1 is 1.73 bits per heavy atom. The molecule has 0 N–H and O–H groups in total. The second-order valence-corrected chi connectivity index (χ2v) is 4.81. The van der Waals surface area contributed by atoms with E-state index in [4.69, 9.17) is 0 Å². The van der Waals surface area contributed by atoms with Crippen LogP contribution in [0.4, 0.5) is 0 Å². The van der Waals surface area contributed by atoms with Crippen molar-refractivity contribution in [3.05, 3.63) is 24.8 Å². The molecule has 0 spiro atoms. The van der Waals surface area contributed by atoms with E-state index >= 15 is 0 Å². The minimum atomic E-state index is 0.424. The average Bonchev–Trinajstić information content (AvgIpc) is 2.60. The lowest BCUT2D eigenvalue weighted by Gasteiger charge is -2.02. The van der Waals surface area contributed by atoms with Gasteiger partial charge in [-0.05, 0) is 32.1 Å². The number of hydrogen-bond acceptors (Lipinski definition) is 0. The molecule has 0 saturated heterocycles. The standard InChI is InChI=1S/C10H15Br/c1-3-5-7-10(11)8-9(10)6-4-2/h3-5,9H,2,6-8H2,1H3. The molecule has 0 bridgehead atoms. The maximum absolute atomic E-state index is 3.76. The Morgan fingerprint density at radius 2 is 2.45 bits per heavy atom. The summed E-state index contributed by atoms with van der Waals surface area (Å²) in [6, 6.07) is 0. The molecule has 0 aromatic carbocycles. The van der Waals surface area contributed by atoms with Crippen molar-refractivity contribution in [1.82, 2.24) is 0 Å². The molecule has 0 aromatic rings. The monoisotopic (exact) mass is 214 g/mol. The molecule has 1 fully saturated rings. The summed E-state index contributed by atoms with van der Waals surface area (Å²) in [5, 5.41) is 0. The van der Waals surface area contributed by atoms with Gasteiger partial charge in [-0.2, -0.15) is 0 Å². The van der Waals surface area contributed by atoms with Crippen molar-refractivity contribution in [1.29, 1.82) is 0 Å². The zero-order valence-electron chi connectivity index (χ0n) is 7.02. The molecule has 11 heavy (non-hydrogen) atoms. The van der Waals surface area contributed by atoms with Crippen LogP contribution in [0.15, 0.2) is 24.8 Å². The van der Waals surface area contributed by atoms with E-state index in [0.29, 0.717) is 4.32 Å². The van der Waals surface area contributed by atoms with E-state index in [1.807, 2.05) is 6.08 Å². The maximum atomic E-state index is 3.76. The van der Waals surface area contributed by atoms with Crippen LogP contribution in [0.3, 0.4) is 0 Å². The first kappa shape index (κ1) is 9.05. The van der Waals surface area contributed by atoms with Crippen molar-refractivity contribution in [3.63, 3.8) is 0 Å². The topological polar surface area (TPSA) is 0 Å². The molecule has 0 nitrogen and oxygen atoms in total. The van der Waals surface area contributed by atoms with Crippen LogP contribution < -0.4 is 0 Å². The Hall–Kier alpha value is -0.0400. The van der Waals surface area contributed by atoms with Gasteiger partial charge in [-0.3, -0.25) is 0 Å². The smallest absolute Gasteiger partial charge is 0.0327 e. The van der Waals surface area contributed by atoms with E-state index in [-0.39, 0.29) is 0 Å². The van der Waals surface area contributed by atoms with Crippen LogP contribution in [0.1, 0.15) is 26.2 Å². The highest BCUT2D eigenvalue weighted by Gasteiger charge is 2.49. The number of alkyl halides is 1. The zero-order chi connectivity index (χ0) is 8.32. The van der Waals surface area contributed by atoms with Gasteiger partial charge in [-0.25, -0.2) is 0 Å². The predicted molar refractivity (Wildman–Crippen MR) is 54.0 cm³/mol. The summed E-state index contributed by atoms with van der Waals surface area (Å²) in [5.74, 6) is 0.830. The van der Waals surface area contributed by atoms with Gasteiger partial charge in [0.15, 0.2) is 0 Å². The predicted octanol–water partition coefficient (Wildman–Crippen LogP) is 3.68. The average molecular weight is 215 g/mol. The molecule has 1 rings (SSSR count). The first-order valence-corrected chi connectivity index (χ1v) is 4.93. The lowest BCUT2D eigenvalue weighted by molar-refractivity contribution is 0.768. The first-order chi connectivity index (χ1) is 5.23. The molecule has 0 radical (unpaired) electrons. The van der Waals surface area contributed by atoms with E-state index in [1.54, 1.807) is 0 Å². The van der Waals surface area contributed by atoms with Gasteiger partial charge in [0.05, 0.1) is 0 Å². The molecule has 1 aliphatic carbocycles. The fourth-order valence-electron chi connectivity index (χ4n) is 1.41. The molecular weight excluding hydrogens is 200 g/mol. The van der Waals surface area contributed by atoms with Crippen LogP contribution >= 0.6 is 15.9 Å². The van der Waals surface area contributed by atoms with Crippen LogP contribution in [-0.2, 0) is 0 Å². The maximum Gasteiger partial charge on any atom is 0.0327 e. The Kier molecular flexibility index (Phi) is 2.94. The number of rotatable bonds is 4. The highest BCUT2D eigenvalue weighted by molar-refractivity contribution is 9.10. The van der Waals surface area contributed by atoms with E-state index in [9.17, 15) is 0 Å². The third-order valence-corrected chi connectivity index (χ3v) is 3.60. The molecular formula is C10H15Br. The molecule has 0 amide bonds. The Balaban J connectivity index is 2.30. The van der Waals surface area contributed by atoms with Crippen molar-refractivity contribution < 1.29 is 0 Å². The summed E-state index contributed by atoms with van der Waals surface area (Å²) in [6.45, 7) is 5.82. The quantitative estimate of drug-likeness (QED) is 0.495. The van der Waals surface area contributed by atoms with E-state index in [1.165, 1.54) is 12.8 Å². The van der Waals surface area contributed by atoms with Gasteiger partial charge in [-0.15, -0.1) is 6.58 Å². The number of allylic oxidation sites excluding steroid dienone is 3. The van der Waals surface area contributed by atoms with Crippen LogP contribution in [0, 0.1) is 5.92 Å². The van der Waals surface area contributed by atoms with Crippen molar-refractivity contribution in [2.24, 2.45) is 5.92 Å². The largest absolute Gasteiger partial charge is 0.103 e. The highest BCUT2D eigenvalue weighted by atomic mass is 79.9. The second kappa shape index (κ2) is 3.57. The fraction of sp³-hybridized carbons (Fsp3) is 0.600. The van der Waals surface area contributed by atoms with E-state index in [0.717, 1.165) is 12.3 Å². The van der Waals surface area contributed by atoms with Gasteiger partial charge in [0.1, 0.15) is 0 Å². The summed E-state index contributed by atoms with van der Waals surface area (Å²) in [7, 11) is 0. The normalized spacial score (nSPS) is 36.0.